The van der Waals surface area contributed by atoms with Crippen molar-refractivity contribution < 1.29 is 17.9 Å². The molecule has 2 N–H and O–H groups in total. The van der Waals surface area contributed by atoms with Gasteiger partial charge in [-0.1, -0.05) is 18.2 Å². The van der Waals surface area contributed by atoms with Crippen molar-refractivity contribution in [2.45, 2.75) is 25.9 Å². The number of aryl methyl sites for hydroxylation is 1. The number of benzene rings is 2. The topological polar surface area (TPSA) is 106 Å². The molecule has 0 amide bonds. The van der Waals surface area contributed by atoms with Crippen molar-refractivity contribution in [3.63, 3.8) is 0 Å². The van der Waals surface area contributed by atoms with Crippen molar-refractivity contribution >= 4 is 44.7 Å². The van der Waals surface area contributed by atoms with E-state index in [-0.39, 0.29) is 12.1 Å². The number of methoxy groups -OCH3 is 1. The van der Waals surface area contributed by atoms with Crippen LogP contribution in [0.3, 0.4) is 0 Å². The third kappa shape index (κ3) is 5.17. The van der Waals surface area contributed by atoms with E-state index in [1.807, 2.05) is 67.3 Å². The van der Waals surface area contributed by atoms with Crippen LogP contribution in [-0.4, -0.2) is 42.4 Å². The van der Waals surface area contributed by atoms with Crippen LogP contribution in [-0.2, 0) is 14.8 Å². The number of ether oxygens (including phenoxy) is 1. The van der Waals surface area contributed by atoms with Crippen molar-refractivity contribution in [3.05, 3.63) is 107 Å². The van der Waals surface area contributed by atoms with Gasteiger partial charge < -0.3 is 19.5 Å². The summed E-state index contributed by atoms with van der Waals surface area (Å²) in [6, 6.07) is 21.7. The zero-order valence-electron chi connectivity index (χ0n) is 22.5. The number of sulfonamides is 1. The molecule has 0 saturated carbocycles. The standard InChI is InChI=1S/C29H29N5O4S2/c1-18-17-23(19(2)33(18)25-11-6-5-9-22(25)28(35)38-3)27-26(24-10-7-8-16-30-24)31-29(39)34(27)21-14-12-20(13-15-21)32-40(4,36)37/h5-17,26-27,32H,1-4H3,(H,31,39). The number of aromatic nitrogens is 2. The number of hydrogen-bond donors (Lipinski definition) is 2. The van der Waals surface area contributed by atoms with Crippen LogP contribution in [0.5, 0.6) is 0 Å². The van der Waals surface area contributed by atoms with E-state index in [2.05, 4.69) is 25.7 Å². The fraction of sp³-hybridized carbons (Fsp3) is 0.207. The first-order valence-corrected chi connectivity index (χ1v) is 14.8. The molecular weight excluding hydrogens is 546 g/mol. The van der Waals surface area contributed by atoms with Gasteiger partial charge in [0, 0.05) is 29.0 Å². The number of thiocarbonyl (C=S) groups is 1. The molecule has 1 fully saturated rings. The predicted molar refractivity (Wildman–Crippen MR) is 159 cm³/mol. The molecule has 2 aromatic carbocycles. The Morgan fingerprint density at radius 3 is 2.40 bits per heavy atom. The van der Waals surface area contributed by atoms with Crippen LogP contribution >= 0.6 is 12.2 Å². The van der Waals surface area contributed by atoms with Crippen LogP contribution in [0.15, 0.2) is 79.0 Å². The Morgan fingerprint density at radius 1 is 1.05 bits per heavy atom. The maximum absolute atomic E-state index is 12.6. The van der Waals surface area contributed by atoms with Gasteiger partial charge in [-0.15, -0.1) is 0 Å². The van der Waals surface area contributed by atoms with Gasteiger partial charge in [0.05, 0.1) is 42.4 Å². The minimum atomic E-state index is -3.41. The molecule has 0 spiro atoms. The molecule has 40 heavy (non-hydrogen) atoms. The van der Waals surface area contributed by atoms with Gasteiger partial charge in [0.15, 0.2) is 5.11 Å². The number of rotatable bonds is 7. The normalized spacial score (nSPS) is 17.0. The van der Waals surface area contributed by atoms with Gasteiger partial charge >= 0.3 is 5.97 Å². The SMILES string of the molecule is COC(=O)c1ccccc1-n1c(C)cc(C2C(c3ccccn3)NC(=S)N2c2ccc(NS(C)(=O)=O)cc2)c1C. The summed E-state index contributed by atoms with van der Waals surface area (Å²) in [7, 11) is -2.04. The molecule has 4 aromatic rings. The molecule has 11 heteroatoms. The molecule has 206 valence electrons. The summed E-state index contributed by atoms with van der Waals surface area (Å²) in [6.45, 7) is 4.02. The summed E-state index contributed by atoms with van der Waals surface area (Å²) in [5, 5.41) is 3.97. The number of carbonyl (C=O) groups excluding carboxylic acids is 1. The molecule has 1 aliphatic heterocycles. The van der Waals surface area contributed by atoms with Crippen LogP contribution in [0, 0.1) is 13.8 Å². The van der Waals surface area contributed by atoms with E-state index in [9.17, 15) is 13.2 Å². The average Bonchev–Trinajstić information content (AvgIpc) is 3.43. The van der Waals surface area contributed by atoms with Crippen LogP contribution < -0.4 is 14.9 Å². The first-order chi connectivity index (χ1) is 19.1. The monoisotopic (exact) mass is 575 g/mol. The summed E-state index contributed by atoms with van der Waals surface area (Å²) in [4.78, 5) is 19.3. The molecule has 2 aromatic heterocycles. The van der Waals surface area contributed by atoms with Gasteiger partial charge in [0.25, 0.3) is 0 Å². The van der Waals surface area contributed by atoms with Gasteiger partial charge in [0.1, 0.15) is 0 Å². The van der Waals surface area contributed by atoms with Crippen LogP contribution in [0.1, 0.15) is 45.1 Å². The number of para-hydroxylation sites is 1. The first kappa shape index (κ1) is 27.4. The highest BCUT2D eigenvalue weighted by atomic mass is 32.2. The van der Waals surface area contributed by atoms with Gasteiger partial charge in [-0.05, 0) is 86.2 Å². The minimum Gasteiger partial charge on any atom is -0.465 e. The lowest BCUT2D eigenvalue weighted by molar-refractivity contribution is 0.0600. The largest absolute Gasteiger partial charge is 0.465 e. The Kier molecular flexibility index (Phi) is 7.35. The molecule has 2 atom stereocenters. The molecule has 1 aliphatic rings. The Balaban J connectivity index is 1.65. The van der Waals surface area contributed by atoms with E-state index in [1.165, 1.54) is 7.11 Å². The predicted octanol–water partition coefficient (Wildman–Crippen LogP) is 4.82. The molecular formula is C29H29N5O4S2. The van der Waals surface area contributed by atoms with E-state index >= 15 is 0 Å². The Bertz CT molecular complexity index is 1690. The first-order valence-electron chi connectivity index (χ1n) is 12.5. The van der Waals surface area contributed by atoms with Crippen LogP contribution in [0.4, 0.5) is 11.4 Å². The van der Waals surface area contributed by atoms with Crippen LogP contribution in [0.25, 0.3) is 5.69 Å². The van der Waals surface area contributed by atoms with E-state index in [4.69, 9.17) is 17.0 Å². The highest BCUT2D eigenvalue weighted by molar-refractivity contribution is 7.92. The van der Waals surface area contributed by atoms with Crippen LogP contribution in [0.2, 0.25) is 0 Å². The van der Waals surface area contributed by atoms with E-state index in [0.29, 0.717) is 16.4 Å². The second-order valence-electron chi connectivity index (χ2n) is 9.59. The smallest absolute Gasteiger partial charge is 0.339 e. The Hall–Kier alpha value is -4.22. The summed E-state index contributed by atoms with van der Waals surface area (Å²) in [5.41, 5.74) is 6.14. The third-order valence-corrected chi connectivity index (χ3v) is 7.81. The molecule has 0 bridgehead atoms. The van der Waals surface area contributed by atoms with Gasteiger partial charge in [-0.25, -0.2) is 13.2 Å². The van der Waals surface area contributed by atoms with Crippen molar-refractivity contribution in [1.82, 2.24) is 14.9 Å². The minimum absolute atomic E-state index is 0.271. The molecule has 3 heterocycles. The molecule has 0 aliphatic carbocycles. The quantitative estimate of drug-likeness (QED) is 0.239. The van der Waals surface area contributed by atoms with Crippen molar-refractivity contribution in [3.8, 4) is 5.69 Å². The zero-order valence-corrected chi connectivity index (χ0v) is 24.1. The Labute approximate surface area is 238 Å². The second kappa shape index (κ2) is 10.7. The summed E-state index contributed by atoms with van der Waals surface area (Å²) in [6.07, 6.45) is 2.86. The molecule has 0 radical (unpaired) electrons. The number of carbonyl (C=O) groups is 1. The van der Waals surface area contributed by atoms with Crippen molar-refractivity contribution in [2.75, 3.05) is 23.0 Å². The Morgan fingerprint density at radius 2 is 1.75 bits per heavy atom. The number of hydrogen-bond acceptors (Lipinski definition) is 6. The van der Waals surface area contributed by atoms with E-state index < -0.39 is 16.0 Å². The highest BCUT2D eigenvalue weighted by Crippen LogP contribution is 2.44. The number of pyridine rings is 1. The lowest BCUT2D eigenvalue weighted by Gasteiger charge is -2.28. The van der Waals surface area contributed by atoms with Gasteiger partial charge in [-0.3, -0.25) is 9.71 Å². The fourth-order valence-corrected chi connectivity index (χ4v) is 6.17. The average molecular weight is 576 g/mol. The lowest BCUT2D eigenvalue weighted by Crippen LogP contribution is -2.29. The lowest BCUT2D eigenvalue weighted by atomic mass is 9.96. The summed E-state index contributed by atoms with van der Waals surface area (Å²) >= 11 is 5.85. The number of nitrogens with one attached hydrogen (secondary N) is 2. The highest BCUT2D eigenvalue weighted by Gasteiger charge is 2.42. The zero-order chi connectivity index (χ0) is 28.6. The molecule has 9 nitrogen and oxygen atoms in total. The molecule has 1 saturated heterocycles. The third-order valence-electron chi connectivity index (χ3n) is 6.89. The maximum atomic E-state index is 12.6. The number of nitrogens with zero attached hydrogens (tertiary/aromatic N) is 3. The van der Waals surface area contributed by atoms with Crippen molar-refractivity contribution in [2.24, 2.45) is 0 Å². The maximum Gasteiger partial charge on any atom is 0.339 e. The van der Waals surface area contributed by atoms with E-state index in [0.717, 1.165) is 40.3 Å². The fourth-order valence-electron chi connectivity index (χ4n) is 5.26. The summed E-state index contributed by atoms with van der Waals surface area (Å²) < 4.78 is 33.0. The summed E-state index contributed by atoms with van der Waals surface area (Å²) in [5.74, 6) is -0.413. The number of anilines is 2. The van der Waals surface area contributed by atoms with Crippen molar-refractivity contribution in [1.29, 1.82) is 0 Å². The van der Waals surface area contributed by atoms with Gasteiger partial charge in [0.2, 0.25) is 10.0 Å². The van der Waals surface area contributed by atoms with Gasteiger partial charge in [-0.2, -0.15) is 0 Å². The van der Waals surface area contributed by atoms with E-state index in [1.54, 1.807) is 24.4 Å². The number of esters is 1. The molecule has 5 rings (SSSR count). The second-order valence-corrected chi connectivity index (χ2v) is 11.7. The molecule has 2 unspecified atom stereocenters.